The minimum atomic E-state index is -3.30. The number of benzene rings is 1. The monoisotopic (exact) mass is 270 g/mol. The molecule has 0 aromatic heterocycles. The number of nitrogens with two attached hydrogens (primary N) is 1. The molecule has 0 fully saturated rings. The zero-order valence-electron chi connectivity index (χ0n) is 10.8. The van der Waals surface area contributed by atoms with Crippen LogP contribution in [-0.4, -0.2) is 38.6 Å². The summed E-state index contributed by atoms with van der Waals surface area (Å²) < 4.78 is 22.7. The Morgan fingerprint density at radius 3 is 2.22 bits per heavy atom. The number of nitrogens with zero attached hydrogens (tertiary/aromatic N) is 1. The first kappa shape index (κ1) is 14.5. The van der Waals surface area contributed by atoms with E-state index in [1.54, 1.807) is 4.90 Å². The van der Waals surface area contributed by atoms with Gasteiger partial charge in [-0.15, -0.1) is 0 Å². The summed E-state index contributed by atoms with van der Waals surface area (Å²) in [4.78, 5) is 13.8. The van der Waals surface area contributed by atoms with Crippen LogP contribution in [0, 0.1) is 0 Å². The Morgan fingerprint density at radius 2 is 1.83 bits per heavy atom. The Kier molecular flexibility index (Phi) is 4.34. The van der Waals surface area contributed by atoms with Gasteiger partial charge in [-0.25, -0.2) is 8.42 Å². The normalized spacial score (nSPS) is 11.3. The number of hydrogen-bond donors (Lipinski definition) is 1. The van der Waals surface area contributed by atoms with Gasteiger partial charge in [0.15, 0.2) is 9.84 Å². The van der Waals surface area contributed by atoms with Crippen LogP contribution in [0.1, 0.15) is 24.2 Å². The van der Waals surface area contributed by atoms with E-state index in [0.717, 1.165) is 6.26 Å². The summed E-state index contributed by atoms with van der Waals surface area (Å²) in [5, 5.41) is 0. The smallest absolute Gasteiger partial charge is 0.255 e. The maximum absolute atomic E-state index is 12.1. The van der Waals surface area contributed by atoms with Crippen molar-refractivity contribution in [1.82, 2.24) is 4.90 Å². The van der Waals surface area contributed by atoms with Crippen LogP contribution in [0.5, 0.6) is 0 Å². The number of amides is 1. The second-order valence-electron chi connectivity index (χ2n) is 4.00. The van der Waals surface area contributed by atoms with Gasteiger partial charge in [0.2, 0.25) is 0 Å². The molecule has 100 valence electrons. The van der Waals surface area contributed by atoms with E-state index in [1.165, 1.54) is 18.2 Å². The van der Waals surface area contributed by atoms with Crippen LogP contribution < -0.4 is 5.73 Å². The molecule has 6 heteroatoms. The molecule has 5 nitrogen and oxygen atoms in total. The van der Waals surface area contributed by atoms with E-state index in [9.17, 15) is 13.2 Å². The summed E-state index contributed by atoms with van der Waals surface area (Å²) in [5.74, 6) is -0.183. The van der Waals surface area contributed by atoms with Gasteiger partial charge in [-0.1, -0.05) is 0 Å². The third-order valence-corrected chi connectivity index (χ3v) is 3.84. The highest BCUT2D eigenvalue weighted by molar-refractivity contribution is 7.90. The fourth-order valence-corrected chi connectivity index (χ4v) is 2.30. The fourth-order valence-electron chi connectivity index (χ4n) is 1.65. The number of anilines is 1. The molecule has 0 saturated carbocycles. The lowest BCUT2D eigenvalue weighted by atomic mass is 10.1. The van der Waals surface area contributed by atoms with Gasteiger partial charge in [-0.2, -0.15) is 0 Å². The summed E-state index contributed by atoms with van der Waals surface area (Å²) >= 11 is 0. The zero-order chi connectivity index (χ0) is 13.9. The highest BCUT2D eigenvalue weighted by atomic mass is 32.2. The molecule has 0 radical (unpaired) electrons. The van der Waals surface area contributed by atoms with E-state index in [-0.39, 0.29) is 16.5 Å². The predicted octanol–water partition coefficient (Wildman–Crippen LogP) is 1.15. The summed E-state index contributed by atoms with van der Waals surface area (Å²) in [5.41, 5.74) is 6.28. The van der Waals surface area contributed by atoms with E-state index >= 15 is 0 Å². The molecule has 0 unspecified atom stereocenters. The van der Waals surface area contributed by atoms with Crippen LogP contribution in [0.15, 0.2) is 23.1 Å². The molecule has 0 bridgehead atoms. The average Bonchev–Trinajstić information content (AvgIpc) is 2.29. The molecule has 18 heavy (non-hydrogen) atoms. The maximum Gasteiger partial charge on any atom is 0.255 e. The molecule has 1 aromatic carbocycles. The molecular weight excluding hydrogens is 252 g/mol. The number of sulfone groups is 1. The molecule has 0 aliphatic heterocycles. The largest absolute Gasteiger partial charge is 0.398 e. The fraction of sp³-hybridized carbons (Fsp3) is 0.417. The number of rotatable bonds is 4. The van der Waals surface area contributed by atoms with Gasteiger partial charge in [0, 0.05) is 25.0 Å². The molecule has 2 N–H and O–H groups in total. The van der Waals surface area contributed by atoms with Crippen molar-refractivity contribution >= 4 is 21.4 Å². The second kappa shape index (κ2) is 5.39. The van der Waals surface area contributed by atoms with Crippen molar-refractivity contribution in [3.63, 3.8) is 0 Å². The molecule has 1 amide bonds. The van der Waals surface area contributed by atoms with E-state index in [1.807, 2.05) is 13.8 Å². The van der Waals surface area contributed by atoms with Gasteiger partial charge in [0.25, 0.3) is 5.91 Å². The second-order valence-corrected chi connectivity index (χ2v) is 6.01. The number of hydrogen-bond acceptors (Lipinski definition) is 4. The van der Waals surface area contributed by atoms with E-state index in [4.69, 9.17) is 5.73 Å². The Morgan fingerprint density at radius 1 is 1.28 bits per heavy atom. The Balaban J connectivity index is 3.18. The lowest BCUT2D eigenvalue weighted by Crippen LogP contribution is -2.31. The number of carbonyl (C=O) groups is 1. The SMILES string of the molecule is CCN(CC)C(=O)c1ccc(S(C)(=O)=O)cc1N. The maximum atomic E-state index is 12.1. The molecule has 0 aliphatic carbocycles. The van der Waals surface area contributed by atoms with E-state index < -0.39 is 9.84 Å². The van der Waals surface area contributed by atoms with Crippen LogP contribution in [0.25, 0.3) is 0 Å². The van der Waals surface area contributed by atoms with Crippen LogP contribution in [-0.2, 0) is 9.84 Å². The van der Waals surface area contributed by atoms with Crippen LogP contribution in [0.3, 0.4) is 0 Å². The topological polar surface area (TPSA) is 80.5 Å². The first-order valence-corrected chi connectivity index (χ1v) is 7.59. The Labute approximate surface area is 108 Å². The molecule has 0 atom stereocenters. The molecule has 1 rings (SSSR count). The summed E-state index contributed by atoms with van der Waals surface area (Å²) in [6, 6.07) is 4.20. The molecule has 0 aliphatic rings. The molecule has 0 spiro atoms. The Bertz CT molecular complexity index is 548. The van der Waals surface area contributed by atoms with Gasteiger partial charge in [-0.05, 0) is 32.0 Å². The minimum absolute atomic E-state index is 0.121. The van der Waals surface area contributed by atoms with Gasteiger partial charge in [0.1, 0.15) is 0 Å². The van der Waals surface area contributed by atoms with Crippen molar-refractivity contribution in [2.75, 3.05) is 25.1 Å². The average molecular weight is 270 g/mol. The van der Waals surface area contributed by atoms with E-state index in [2.05, 4.69) is 0 Å². The highest BCUT2D eigenvalue weighted by Gasteiger charge is 2.17. The van der Waals surface area contributed by atoms with Crippen molar-refractivity contribution in [2.24, 2.45) is 0 Å². The third kappa shape index (κ3) is 3.01. The summed E-state index contributed by atoms with van der Waals surface area (Å²) in [6.45, 7) is 4.93. The quantitative estimate of drug-likeness (QED) is 0.832. The zero-order valence-corrected chi connectivity index (χ0v) is 11.6. The molecule has 0 heterocycles. The van der Waals surface area contributed by atoms with Gasteiger partial charge in [-0.3, -0.25) is 4.79 Å². The predicted molar refractivity (Wildman–Crippen MR) is 71.2 cm³/mol. The van der Waals surface area contributed by atoms with Crippen molar-refractivity contribution in [2.45, 2.75) is 18.7 Å². The molecule has 0 saturated heterocycles. The van der Waals surface area contributed by atoms with Gasteiger partial charge < -0.3 is 10.6 Å². The van der Waals surface area contributed by atoms with Crippen molar-refractivity contribution in [3.8, 4) is 0 Å². The van der Waals surface area contributed by atoms with E-state index in [0.29, 0.717) is 18.7 Å². The third-order valence-electron chi connectivity index (χ3n) is 2.73. The first-order valence-electron chi connectivity index (χ1n) is 5.70. The standard InChI is InChI=1S/C12H18N2O3S/c1-4-14(5-2)12(15)10-7-6-9(8-11(10)13)18(3,16)17/h6-8H,4-5,13H2,1-3H3. The van der Waals surface area contributed by atoms with Crippen molar-refractivity contribution in [1.29, 1.82) is 0 Å². The minimum Gasteiger partial charge on any atom is -0.398 e. The lowest BCUT2D eigenvalue weighted by Gasteiger charge is -2.19. The van der Waals surface area contributed by atoms with Crippen molar-refractivity contribution < 1.29 is 13.2 Å². The number of nitrogen functional groups attached to an aromatic ring is 1. The summed E-state index contributed by atoms with van der Waals surface area (Å²) in [7, 11) is -3.30. The van der Waals surface area contributed by atoms with Crippen LogP contribution in [0.2, 0.25) is 0 Å². The number of carbonyl (C=O) groups excluding carboxylic acids is 1. The van der Waals surface area contributed by atoms with Crippen LogP contribution >= 0.6 is 0 Å². The lowest BCUT2D eigenvalue weighted by molar-refractivity contribution is 0.0774. The Hall–Kier alpha value is -1.56. The molecular formula is C12H18N2O3S. The van der Waals surface area contributed by atoms with Gasteiger partial charge >= 0.3 is 0 Å². The van der Waals surface area contributed by atoms with Crippen molar-refractivity contribution in [3.05, 3.63) is 23.8 Å². The highest BCUT2D eigenvalue weighted by Crippen LogP contribution is 2.19. The van der Waals surface area contributed by atoms with Gasteiger partial charge in [0.05, 0.1) is 10.5 Å². The van der Waals surface area contributed by atoms with Crippen LogP contribution in [0.4, 0.5) is 5.69 Å². The molecule has 1 aromatic rings. The summed E-state index contributed by atoms with van der Waals surface area (Å²) in [6.07, 6.45) is 1.10. The first-order chi connectivity index (χ1) is 8.31.